The molecule has 0 heterocycles. The highest BCUT2D eigenvalue weighted by Crippen LogP contribution is 2.17. The third-order valence-electron chi connectivity index (χ3n) is 1.72. The van der Waals surface area contributed by atoms with E-state index < -0.39 is 0 Å². The number of rotatable bonds is 2. The van der Waals surface area contributed by atoms with Crippen molar-refractivity contribution < 1.29 is 0 Å². The standard InChI is InChI=1S/C11H13ClN2/c1-14-7-3-2-4-9-5-6-10(13)8-11(9)12/h5-6,8,14H,3,7,13H2,1H3. The smallest absolute Gasteiger partial charge is 0.0582 e. The first-order chi connectivity index (χ1) is 6.74. The molecule has 74 valence electrons. The molecule has 14 heavy (non-hydrogen) atoms. The summed E-state index contributed by atoms with van der Waals surface area (Å²) in [5.41, 5.74) is 7.05. The van der Waals surface area contributed by atoms with Gasteiger partial charge >= 0.3 is 0 Å². The van der Waals surface area contributed by atoms with Crippen LogP contribution < -0.4 is 11.1 Å². The van der Waals surface area contributed by atoms with Crippen LogP contribution in [0.1, 0.15) is 12.0 Å². The van der Waals surface area contributed by atoms with Crippen molar-refractivity contribution in [1.82, 2.24) is 5.32 Å². The Balaban J connectivity index is 2.70. The van der Waals surface area contributed by atoms with Crippen molar-refractivity contribution in [1.29, 1.82) is 0 Å². The number of anilines is 1. The van der Waals surface area contributed by atoms with Crippen molar-refractivity contribution in [3.63, 3.8) is 0 Å². The molecule has 0 bridgehead atoms. The van der Waals surface area contributed by atoms with Gasteiger partial charge in [0.2, 0.25) is 0 Å². The summed E-state index contributed by atoms with van der Waals surface area (Å²) in [4.78, 5) is 0. The predicted octanol–water partition coefficient (Wildman–Crippen LogP) is 1.88. The maximum absolute atomic E-state index is 5.94. The van der Waals surface area contributed by atoms with Crippen LogP contribution in [0.4, 0.5) is 5.69 Å². The van der Waals surface area contributed by atoms with Crippen molar-refractivity contribution in [2.24, 2.45) is 0 Å². The van der Waals surface area contributed by atoms with Crippen LogP contribution in [-0.2, 0) is 0 Å². The lowest BCUT2D eigenvalue weighted by atomic mass is 10.2. The molecular weight excluding hydrogens is 196 g/mol. The van der Waals surface area contributed by atoms with E-state index in [-0.39, 0.29) is 0 Å². The Morgan fingerprint density at radius 3 is 2.93 bits per heavy atom. The second-order valence-corrected chi connectivity index (χ2v) is 3.30. The third kappa shape index (κ3) is 3.29. The van der Waals surface area contributed by atoms with Gasteiger partial charge in [-0.15, -0.1) is 0 Å². The van der Waals surface area contributed by atoms with Crippen LogP contribution in [0.2, 0.25) is 5.02 Å². The summed E-state index contributed by atoms with van der Waals surface area (Å²) >= 11 is 5.94. The number of benzene rings is 1. The van der Waals surface area contributed by atoms with Crippen LogP contribution in [0.5, 0.6) is 0 Å². The average molecular weight is 209 g/mol. The molecule has 0 aromatic heterocycles. The van der Waals surface area contributed by atoms with Gasteiger partial charge in [-0.1, -0.05) is 23.4 Å². The molecule has 3 N–H and O–H groups in total. The molecule has 0 amide bonds. The summed E-state index contributed by atoms with van der Waals surface area (Å²) in [6.07, 6.45) is 0.817. The molecule has 0 spiro atoms. The molecule has 1 aromatic carbocycles. The van der Waals surface area contributed by atoms with Crippen molar-refractivity contribution in [2.45, 2.75) is 6.42 Å². The van der Waals surface area contributed by atoms with Crippen LogP contribution >= 0.6 is 11.6 Å². The summed E-state index contributed by atoms with van der Waals surface area (Å²) in [7, 11) is 1.90. The van der Waals surface area contributed by atoms with E-state index in [0.29, 0.717) is 10.7 Å². The summed E-state index contributed by atoms with van der Waals surface area (Å²) in [6, 6.07) is 5.35. The lowest BCUT2D eigenvalue weighted by Gasteiger charge is -1.96. The zero-order valence-electron chi connectivity index (χ0n) is 8.10. The molecule has 1 aromatic rings. The number of halogens is 1. The van der Waals surface area contributed by atoms with Crippen molar-refractivity contribution >= 4 is 17.3 Å². The molecule has 0 unspecified atom stereocenters. The SMILES string of the molecule is CNCCC#Cc1ccc(N)cc1Cl. The minimum absolute atomic E-state index is 0.613. The van der Waals surface area contributed by atoms with E-state index in [4.69, 9.17) is 17.3 Å². The molecular formula is C11H13ClN2. The lowest BCUT2D eigenvalue weighted by molar-refractivity contribution is 0.818. The fourth-order valence-electron chi connectivity index (χ4n) is 0.978. The second kappa shape index (κ2) is 5.54. The summed E-state index contributed by atoms with van der Waals surface area (Å²) in [5, 5.41) is 3.64. The summed E-state index contributed by atoms with van der Waals surface area (Å²) < 4.78 is 0. The fraction of sp³-hybridized carbons (Fsp3) is 0.273. The van der Waals surface area contributed by atoms with Gasteiger partial charge in [0.1, 0.15) is 0 Å². The van der Waals surface area contributed by atoms with Crippen LogP contribution in [0.25, 0.3) is 0 Å². The van der Waals surface area contributed by atoms with E-state index in [9.17, 15) is 0 Å². The van der Waals surface area contributed by atoms with Crippen LogP contribution in [0.3, 0.4) is 0 Å². The fourth-order valence-corrected chi connectivity index (χ4v) is 1.21. The molecule has 0 saturated carbocycles. The maximum Gasteiger partial charge on any atom is 0.0582 e. The highest BCUT2D eigenvalue weighted by Gasteiger charge is 1.95. The molecule has 0 aliphatic carbocycles. The Kier molecular flexibility index (Phi) is 4.31. The van der Waals surface area contributed by atoms with E-state index in [0.717, 1.165) is 18.5 Å². The largest absolute Gasteiger partial charge is 0.399 e. The highest BCUT2D eigenvalue weighted by molar-refractivity contribution is 6.32. The van der Waals surface area contributed by atoms with Gasteiger partial charge < -0.3 is 11.1 Å². The van der Waals surface area contributed by atoms with Gasteiger partial charge in [0.25, 0.3) is 0 Å². The Bertz CT molecular complexity index is 363. The maximum atomic E-state index is 5.94. The summed E-state index contributed by atoms with van der Waals surface area (Å²) in [5.74, 6) is 6.02. The number of nitrogens with one attached hydrogen (secondary N) is 1. The molecule has 0 aliphatic heterocycles. The second-order valence-electron chi connectivity index (χ2n) is 2.89. The number of hydrogen-bond donors (Lipinski definition) is 2. The Morgan fingerprint density at radius 2 is 2.29 bits per heavy atom. The van der Waals surface area contributed by atoms with Gasteiger partial charge in [0.05, 0.1) is 5.02 Å². The van der Waals surface area contributed by atoms with Gasteiger partial charge in [0, 0.05) is 24.2 Å². The first kappa shape index (κ1) is 10.9. The predicted molar refractivity (Wildman–Crippen MR) is 61.3 cm³/mol. The number of nitrogen functional groups attached to an aromatic ring is 1. The van der Waals surface area contributed by atoms with Crippen molar-refractivity contribution in [3.05, 3.63) is 28.8 Å². The Hall–Kier alpha value is -1.17. The average Bonchev–Trinajstić information content (AvgIpc) is 2.15. The Labute approximate surface area is 89.4 Å². The van der Waals surface area contributed by atoms with Gasteiger partial charge in [0.15, 0.2) is 0 Å². The van der Waals surface area contributed by atoms with Gasteiger partial charge in [-0.3, -0.25) is 0 Å². The molecule has 2 nitrogen and oxygen atoms in total. The minimum Gasteiger partial charge on any atom is -0.399 e. The van der Waals surface area contributed by atoms with E-state index >= 15 is 0 Å². The number of hydrogen-bond acceptors (Lipinski definition) is 2. The quantitative estimate of drug-likeness (QED) is 0.443. The van der Waals surface area contributed by atoms with Gasteiger partial charge in [-0.05, 0) is 25.2 Å². The first-order valence-electron chi connectivity index (χ1n) is 4.42. The van der Waals surface area contributed by atoms with Crippen LogP contribution in [-0.4, -0.2) is 13.6 Å². The summed E-state index contributed by atoms with van der Waals surface area (Å²) in [6.45, 7) is 0.888. The van der Waals surface area contributed by atoms with Crippen molar-refractivity contribution in [3.8, 4) is 11.8 Å². The van der Waals surface area contributed by atoms with E-state index in [2.05, 4.69) is 17.2 Å². The van der Waals surface area contributed by atoms with Gasteiger partial charge in [-0.25, -0.2) is 0 Å². The monoisotopic (exact) mass is 208 g/mol. The zero-order valence-corrected chi connectivity index (χ0v) is 8.86. The molecule has 0 radical (unpaired) electrons. The van der Waals surface area contributed by atoms with Crippen molar-refractivity contribution in [2.75, 3.05) is 19.3 Å². The molecule has 0 atom stereocenters. The van der Waals surface area contributed by atoms with Gasteiger partial charge in [-0.2, -0.15) is 0 Å². The number of nitrogens with two attached hydrogens (primary N) is 1. The molecule has 0 aliphatic rings. The van der Waals surface area contributed by atoms with Crippen LogP contribution in [0, 0.1) is 11.8 Å². The van der Waals surface area contributed by atoms with E-state index in [1.807, 2.05) is 13.1 Å². The molecule has 3 heteroatoms. The Morgan fingerprint density at radius 1 is 1.50 bits per heavy atom. The van der Waals surface area contributed by atoms with Crippen LogP contribution in [0.15, 0.2) is 18.2 Å². The molecule has 1 rings (SSSR count). The molecule has 0 fully saturated rings. The zero-order chi connectivity index (χ0) is 10.4. The van der Waals surface area contributed by atoms with E-state index in [1.54, 1.807) is 12.1 Å². The first-order valence-corrected chi connectivity index (χ1v) is 4.80. The normalized spacial score (nSPS) is 9.29. The minimum atomic E-state index is 0.613. The highest BCUT2D eigenvalue weighted by atomic mass is 35.5. The van der Waals surface area contributed by atoms with E-state index in [1.165, 1.54) is 0 Å². The third-order valence-corrected chi connectivity index (χ3v) is 2.03. The topological polar surface area (TPSA) is 38.0 Å². The lowest BCUT2D eigenvalue weighted by Crippen LogP contribution is -2.05. The molecule has 0 saturated heterocycles.